The highest BCUT2D eigenvalue weighted by Crippen LogP contribution is 2.15. The van der Waals surface area contributed by atoms with E-state index in [9.17, 15) is 8.42 Å². The molecule has 6 heteroatoms. The average molecular weight is 273 g/mol. The fraction of sp³-hybridized carbons (Fsp3) is 0.750. The van der Waals surface area contributed by atoms with Crippen molar-refractivity contribution >= 4 is 9.84 Å². The van der Waals surface area contributed by atoms with Crippen LogP contribution >= 0.6 is 0 Å². The molecule has 0 spiro atoms. The van der Waals surface area contributed by atoms with E-state index in [1.807, 2.05) is 17.8 Å². The number of aromatic nitrogens is 2. The Labute approximate surface area is 110 Å². The summed E-state index contributed by atoms with van der Waals surface area (Å²) in [5.74, 6) is 1.18. The molecule has 1 aromatic heterocycles. The SMILES string of the molecule is Cn1ccnc1CCNCCS(=O)(=O)C(C)(C)C. The van der Waals surface area contributed by atoms with Gasteiger partial charge in [0.05, 0.1) is 10.5 Å². The third-order valence-electron chi connectivity index (χ3n) is 2.93. The van der Waals surface area contributed by atoms with Gasteiger partial charge in [-0.3, -0.25) is 0 Å². The molecule has 0 saturated carbocycles. The second-order valence-corrected chi connectivity index (χ2v) is 8.25. The number of hydrogen-bond acceptors (Lipinski definition) is 4. The van der Waals surface area contributed by atoms with E-state index in [2.05, 4.69) is 10.3 Å². The van der Waals surface area contributed by atoms with Crippen molar-refractivity contribution in [2.24, 2.45) is 7.05 Å². The van der Waals surface area contributed by atoms with Gasteiger partial charge in [0, 0.05) is 39.0 Å². The molecule has 0 saturated heterocycles. The summed E-state index contributed by atoms with van der Waals surface area (Å²) < 4.78 is 25.0. The molecule has 0 atom stereocenters. The molecule has 18 heavy (non-hydrogen) atoms. The summed E-state index contributed by atoms with van der Waals surface area (Å²) in [5.41, 5.74) is 0. The van der Waals surface area contributed by atoms with Gasteiger partial charge in [0.2, 0.25) is 0 Å². The van der Waals surface area contributed by atoms with Crippen molar-refractivity contribution in [3.8, 4) is 0 Å². The van der Waals surface area contributed by atoms with Gasteiger partial charge in [0.25, 0.3) is 0 Å². The van der Waals surface area contributed by atoms with Crippen LogP contribution in [-0.4, -0.2) is 41.6 Å². The lowest BCUT2D eigenvalue weighted by Gasteiger charge is -2.19. The third-order valence-corrected chi connectivity index (χ3v) is 5.53. The zero-order chi connectivity index (χ0) is 13.8. The Morgan fingerprint density at radius 2 is 2.00 bits per heavy atom. The first-order chi connectivity index (χ1) is 8.24. The first kappa shape index (κ1) is 15.2. The van der Waals surface area contributed by atoms with Crippen molar-refractivity contribution < 1.29 is 8.42 Å². The number of aryl methyl sites for hydroxylation is 1. The Bertz CT molecular complexity index is 472. The Morgan fingerprint density at radius 1 is 1.33 bits per heavy atom. The van der Waals surface area contributed by atoms with Crippen LogP contribution in [0, 0.1) is 0 Å². The van der Waals surface area contributed by atoms with Crippen LogP contribution in [0.1, 0.15) is 26.6 Å². The topological polar surface area (TPSA) is 64.0 Å². The molecule has 0 fully saturated rings. The molecule has 104 valence electrons. The standard InChI is InChI=1S/C12H23N3O2S/c1-12(2,3)18(16,17)10-8-13-6-5-11-14-7-9-15(11)4/h7,9,13H,5-6,8,10H2,1-4H3. The minimum atomic E-state index is -3.02. The van der Waals surface area contributed by atoms with E-state index in [0.717, 1.165) is 18.8 Å². The smallest absolute Gasteiger partial charge is 0.156 e. The van der Waals surface area contributed by atoms with Crippen molar-refractivity contribution in [2.75, 3.05) is 18.8 Å². The van der Waals surface area contributed by atoms with Crippen LogP contribution in [0.2, 0.25) is 0 Å². The molecular weight excluding hydrogens is 250 g/mol. The lowest BCUT2D eigenvalue weighted by molar-refractivity contribution is 0.555. The highest BCUT2D eigenvalue weighted by molar-refractivity contribution is 7.92. The predicted molar refractivity (Wildman–Crippen MR) is 73.3 cm³/mol. The molecule has 1 aromatic rings. The van der Waals surface area contributed by atoms with Gasteiger partial charge in [0.1, 0.15) is 5.82 Å². The molecule has 1 N–H and O–H groups in total. The third kappa shape index (κ3) is 4.10. The van der Waals surface area contributed by atoms with E-state index in [0.29, 0.717) is 6.54 Å². The number of rotatable bonds is 6. The Morgan fingerprint density at radius 3 is 2.50 bits per heavy atom. The van der Waals surface area contributed by atoms with Crippen molar-refractivity contribution in [3.63, 3.8) is 0 Å². The van der Waals surface area contributed by atoms with Crippen molar-refractivity contribution in [1.29, 1.82) is 0 Å². The molecule has 0 aliphatic carbocycles. The summed E-state index contributed by atoms with van der Waals surface area (Å²) in [6, 6.07) is 0. The Balaban J connectivity index is 2.26. The van der Waals surface area contributed by atoms with Crippen LogP contribution < -0.4 is 5.32 Å². The van der Waals surface area contributed by atoms with Gasteiger partial charge in [-0.15, -0.1) is 0 Å². The molecular formula is C12H23N3O2S. The van der Waals surface area contributed by atoms with Crippen LogP contribution in [-0.2, 0) is 23.3 Å². The molecule has 0 unspecified atom stereocenters. The van der Waals surface area contributed by atoms with E-state index in [4.69, 9.17) is 0 Å². The largest absolute Gasteiger partial charge is 0.338 e. The molecule has 0 amide bonds. The highest BCUT2D eigenvalue weighted by atomic mass is 32.2. The average Bonchev–Trinajstić information content (AvgIpc) is 2.62. The number of nitrogens with zero attached hydrogens (tertiary/aromatic N) is 2. The van der Waals surface area contributed by atoms with Crippen molar-refractivity contribution in [2.45, 2.75) is 31.9 Å². The molecule has 0 aliphatic rings. The van der Waals surface area contributed by atoms with Crippen LogP contribution in [0.15, 0.2) is 12.4 Å². The Kier molecular flexibility index (Phi) is 4.92. The van der Waals surface area contributed by atoms with E-state index in [-0.39, 0.29) is 5.75 Å². The normalized spacial score (nSPS) is 12.9. The van der Waals surface area contributed by atoms with Crippen LogP contribution in [0.25, 0.3) is 0 Å². The zero-order valence-corrected chi connectivity index (χ0v) is 12.4. The molecule has 0 radical (unpaired) electrons. The lowest BCUT2D eigenvalue weighted by Crippen LogP contribution is -2.35. The van der Waals surface area contributed by atoms with Gasteiger partial charge in [-0.2, -0.15) is 0 Å². The first-order valence-electron chi connectivity index (χ1n) is 6.13. The number of sulfone groups is 1. The molecule has 1 rings (SSSR count). The molecule has 0 aliphatic heterocycles. The van der Waals surface area contributed by atoms with Gasteiger partial charge < -0.3 is 9.88 Å². The highest BCUT2D eigenvalue weighted by Gasteiger charge is 2.27. The van der Waals surface area contributed by atoms with Crippen LogP contribution in [0.5, 0.6) is 0 Å². The summed E-state index contributed by atoms with van der Waals surface area (Å²) in [6.07, 6.45) is 4.47. The monoisotopic (exact) mass is 273 g/mol. The number of hydrogen-bond donors (Lipinski definition) is 1. The van der Waals surface area contributed by atoms with E-state index >= 15 is 0 Å². The van der Waals surface area contributed by atoms with Gasteiger partial charge in [-0.25, -0.2) is 13.4 Å². The summed E-state index contributed by atoms with van der Waals surface area (Å²) in [5, 5.41) is 3.15. The minimum absolute atomic E-state index is 0.178. The van der Waals surface area contributed by atoms with Gasteiger partial charge in [-0.1, -0.05) is 0 Å². The maximum absolute atomic E-state index is 11.8. The lowest BCUT2D eigenvalue weighted by atomic mass is 10.3. The first-order valence-corrected chi connectivity index (χ1v) is 7.78. The van der Waals surface area contributed by atoms with Crippen molar-refractivity contribution in [1.82, 2.24) is 14.9 Å². The molecule has 5 nitrogen and oxygen atoms in total. The van der Waals surface area contributed by atoms with Crippen molar-refractivity contribution in [3.05, 3.63) is 18.2 Å². The summed E-state index contributed by atoms with van der Waals surface area (Å²) >= 11 is 0. The van der Waals surface area contributed by atoms with E-state index < -0.39 is 14.6 Å². The second kappa shape index (κ2) is 5.84. The van der Waals surface area contributed by atoms with E-state index in [1.54, 1.807) is 27.0 Å². The summed E-state index contributed by atoms with van der Waals surface area (Å²) in [7, 11) is -1.07. The number of nitrogens with one attached hydrogen (secondary N) is 1. The second-order valence-electron chi connectivity index (χ2n) is 5.39. The zero-order valence-electron chi connectivity index (χ0n) is 11.6. The fourth-order valence-corrected chi connectivity index (χ4v) is 2.50. The Hall–Kier alpha value is -0.880. The van der Waals surface area contributed by atoms with Gasteiger partial charge in [0.15, 0.2) is 9.84 Å². The van der Waals surface area contributed by atoms with Crippen LogP contribution in [0.3, 0.4) is 0 Å². The summed E-state index contributed by atoms with van der Waals surface area (Å²) in [4.78, 5) is 4.21. The molecule has 1 heterocycles. The van der Waals surface area contributed by atoms with Crippen LogP contribution in [0.4, 0.5) is 0 Å². The summed E-state index contributed by atoms with van der Waals surface area (Å²) in [6.45, 7) is 6.43. The minimum Gasteiger partial charge on any atom is -0.338 e. The quantitative estimate of drug-likeness (QED) is 0.778. The maximum Gasteiger partial charge on any atom is 0.156 e. The number of imidazole rings is 1. The van der Waals surface area contributed by atoms with E-state index in [1.165, 1.54) is 0 Å². The fourth-order valence-electron chi connectivity index (χ4n) is 1.48. The molecule has 0 aromatic carbocycles. The predicted octanol–water partition coefficient (Wildman–Crippen LogP) is 0.766. The molecule has 0 bridgehead atoms. The maximum atomic E-state index is 11.8. The van der Waals surface area contributed by atoms with Gasteiger partial charge in [-0.05, 0) is 20.8 Å². The van der Waals surface area contributed by atoms with Gasteiger partial charge >= 0.3 is 0 Å².